The van der Waals surface area contributed by atoms with Gasteiger partial charge in [-0.25, -0.2) is 0 Å². The van der Waals surface area contributed by atoms with E-state index in [0.29, 0.717) is 11.7 Å². The molecule has 4 rings (SSSR count). The lowest BCUT2D eigenvalue weighted by atomic mass is 9.78. The van der Waals surface area contributed by atoms with Gasteiger partial charge in [-0.1, -0.05) is 41.4 Å². The van der Waals surface area contributed by atoms with E-state index in [0.717, 1.165) is 52.1 Å². The first-order chi connectivity index (χ1) is 12.0. The van der Waals surface area contributed by atoms with Crippen LogP contribution in [0.15, 0.2) is 42.0 Å². The summed E-state index contributed by atoms with van der Waals surface area (Å²) in [4.78, 5) is 13.0. The van der Waals surface area contributed by atoms with Gasteiger partial charge in [-0.3, -0.25) is 4.79 Å². The van der Waals surface area contributed by atoms with Gasteiger partial charge in [0.1, 0.15) is 0 Å². The third kappa shape index (κ3) is 2.66. The summed E-state index contributed by atoms with van der Waals surface area (Å²) in [5.74, 6) is 1.18. The smallest absolute Gasteiger partial charge is 0.166 e. The van der Waals surface area contributed by atoms with E-state index in [1.54, 1.807) is 0 Å². The number of benzene rings is 2. The Morgan fingerprint density at radius 1 is 0.960 bits per heavy atom. The molecule has 0 heterocycles. The highest BCUT2D eigenvalue weighted by Crippen LogP contribution is 2.47. The van der Waals surface area contributed by atoms with Crippen LogP contribution >= 0.6 is 11.6 Å². The van der Waals surface area contributed by atoms with E-state index in [4.69, 9.17) is 11.6 Å². The molecule has 2 atom stereocenters. The second kappa shape index (κ2) is 6.14. The van der Waals surface area contributed by atoms with Gasteiger partial charge in [0.25, 0.3) is 0 Å². The van der Waals surface area contributed by atoms with Crippen LogP contribution in [0, 0.1) is 25.7 Å². The molecule has 1 saturated carbocycles. The predicted octanol–water partition coefficient (Wildman–Crippen LogP) is 6.40. The maximum Gasteiger partial charge on any atom is 0.166 e. The van der Waals surface area contributed by atoms with Gasteiger partial charge < -0.3 is 0 Å². The molecule has 128 valence electrons. The monoisotopic (exact) mass is 350 g/mol. The highest BCUT2D eigenvalue weighted by atomic mass is 35.5. The van der Waals surface area contributed by atoms with Gasteiger partial charge in [0.05, 0.1) is 0 Å². The zero-order valence-corrected chi connectivity index (χ0v) is 15.8. The van der Waals surface area contributed by atoms with Crippen LogP contribution in [0.2, 0.25) is 5.02 Å². The maximum atomic E-state index is 13.0. The third-order valence-corrected chi connectivity index (χ3v) is 6.55. The molecule has 0 saturated heterocycles. The summed E-state index contributed by atoms with van der Waals surface area (Å²) in [6, 6.07) is 12.5. The van der Waals surface area contributed by atoms with E-state index in [-0.39, 0.29) is 5.92 Å². The number of fused-ring (bicyclic) bond motifs is 2. The van der Waals surface area contributed by atoms with Crippen molar-refractivity contribution >= 4 is 23.0 Å². The maximum absolute atomic E-state index is 13.0. The SMILES string of the molecule is CC1=C(c2cc(-c3cccc(Cl)c3C)ccc2C)C(=O)[C@@H]2CC[C@H]1C2. The number of rotatable bonds is 2. The molecule has 0 unspecified atom stereocenters. The first-order valence-electron chi connectivity index (χ1n) is 9.09. The lowest BCUT2D eigenvalue weighted by Gasteiger charge is -2.25. The van der Waals surface area contributed by atoms with Crippen molar-refractivity contribution in [3.05, 3.63) is 63.7 Å². The molecule has 25 heavy (non-hydrogen) atoms. The van der Waals surface area contributed by atoms with E-state index >= 15 is 0 Å². The first-order valence-corrected chi connectivity index (χ1v) is 9.46. The second-order valence-electron chi connectivity index (χ2n) is 7.57. The Kier molecular flexibility index (Phi) is 4.08. The van der Waals surface area contributed by atoms with Crippen molar-refractivity contribution < 1.29 is 4.79 Å². The fourth-order valence-corrected chi connectivity index (χ4v) is 4.71. The van der Waals surface area contributed by atoms with E-state index in [2.05, 4.69) is 38.1 Å². The summed E-state index contributed by atoms with van der Waals surface area (Å²) in [6.07, 6.45) is 3.27. The molecule has 2 aliphatic carbocycles. The van der Waals surface area contributed by atoms with Gasteiger partial charge in [-0.2, -0.15) is 0 Å². The van der Waals surface area contributed by atoms with Gasteiger partial charge in [0.2, 0.25) is 0 Å². The first kappa shape index (κ1) is 16.6. The summed E-state index contributed by atoms with van der Waals surface area (Å²) < 4.78 is 0. The van der Waals surface area contributed by atoms with Crippen molar-refractivity contribution in [2.75, 3.05) is 0 Å². The Morgan fingerprint density at radius 3 is 2.52 bits per heavy atom. The van der Waals surface area contributed by atoms with Crippen molar-refractivity contribution in [1.82, 2.24) is 0 Å². The molecule has 2 bridgehead atoms. The van der Waals surface area contributed by atoms with E-state index in [1.165, 1.54) is 11.1 Å². The van der Waals surface area contributed by atoms with Crippen LogP contribution in [-0.2, 0) is 4.79 Å². The average molecular weight is 351 g/mol. The van der Waals surface area contributed by atoms with Gasteiger partial charge in [-0.05, 0) is 85.9 Å². The molecule has 2 aromatic carbocycles. The summed E-state index contributed by atoms with van der Waals surface area (Å²) in [5.41, 5.74) is 7.91. The molecule has 0 radical (unpaired) electrons. The van der Waals surface area contributed by atoms with Crippen molar-refractivity contribution in [3.63, 3.8) is 0 Å². The molecule has 2 aromatic rings. The zero-order valence-electron chi connectivity index (χ0n) is 15.0. The molecule has 1 nitrogen and oxygen atoms in total. The van der Waals surface area contributed by atoms with Gasteiger partial charge in [0.15, 0.2) is 5.78 Å². The third-order valence-electron chi connectivity index (χ3n) is 6.14. The summed E-state index contributed by atoms with van der Waals surface area (Å²) >= 11 is 6.31. The van der Waals surface area contributed by atoms with Crippen LogP contribution in [0.25, 0.3) is 16.7 Å². The highest BCUT2D eigenvalue weighted by Gasteiger charge is 2.39. The van der Waals surface area contributed by atoms with E-state index < -0.39 is 0 Å². The van der Waals surface area contributed by atoms with Crippen molar-refractivity contribution in [1.29, 1.82) is 0 Å². The lowest BCUT2D eigenvalue weighted by molar-refractivity contribution is -0.117. The number of hydrogen-bond donors (Lipinski definition) is 0. The van der Waals surface area contributed by atoms with Crippen LogP contribution in [-0.4, -0.2) is 5.78 Å². The summed E-state index contributed by atoms with van der Waals surface area (Å²) in [5, 5.41) is 0.779. The zero-order chi connectivity index (χ0) is 17.7. The highest BCUT2D eigenvalue weighted by molar-refractivity contribution is 6.31. The predicted molar refractivity (Wildman–Crippen MR) is 105 cm³/mol. The topological polar surface area (TPSA) is 17.1 Å². The van der Waals surface area contributed by atoms with Crippen molar-refractivity contribution in [3.8, 4) is 11.1 Å². The van der Waals surface area contributed by atoms with E-state index in [1.807, 2.05) is 19.1 Å². The summed E-state index contributed by atoms with van der Waals surface area (Å²) in [6.45, 7) is 6.32. The standard InChI is InChI=1S/C23H23ClO/c1-13-7-8-17(19-5-4-6-21(24)15(19)3)12-20(13)22-14(2)16-9-10-18(11-16)23(22)25/h4-8,12,16,18H,9-11H2,1-3H3/t16-,18+/m0/s1. The number of aryl methyl sites for hydroxylation is 1. The Bertz CT molecular complexity index is 906. The van der Waals surface area contributed by atoms with Crippen LogP contribution in [0.4, 0.5) is 0 Å². The molecule has 0 N–H and O–H groups in total. The minimum atomic E-state index is 0.236. The van der Waals surface area contributed by atoms with Crippen LogP contribution in [0.3, 0.4) is 0 Å². The van der Waals surface area contributed by atoms with Gasteiger partial charge in [-0.15, -0.1) is 0 Å². The molecule has 0 spiro atoms. The molecule has 2 heteroatoms. The molecule has 0 aromatic heterocycles. The number of carbonyl (C=O) groups is 1. The quantitative estimate of drug-likeness (QED) is 0.612. The Labute approximate surface area is 154 Å². The largest absolute Gasteiger partial charge is 0.294 e. The van der Waals surface area contributed by atoms with Gasteiger partial charge >= 0.3 is 0 Å². The normalized spacial score (nSPS) is 22.6. The van der Waals surface area contributed by atoms with Crippen LogP contribution in [0.5, 0.6) is 0 Å². The summed E-state index contributed by atoms with van der Waals surface area (Å²) in [7, 11) is 0. The van der Waals surface area contributed by atoms with Crippen molar-refractivity contribution in [2.24, 2.45) is 11.8 Å². The molecule has 1 fully saturated rings. The number of halogens is 1. The number of Topliss-reactive ketones (excluding diaryl/α,β-unsaturated/α-hetero) is 1. The molecule has 2 aliphatic rings. The lowest BCUT2D eigenvalue weighted by Crippen LogP contribution is -2.20. The number of ketones is 1. The van der Waals surface area contributed by atoms with Crippen LogP contribution < -0.4 is 0 Å². The molecule has 0 amide bonds. The average Bonchev–Trinajstić information content (AvgIpc) is 3.05. The molecule has 0 aliphatic heterocycles. The van der Waals surface area contributed by atoms with Crippen molar-refractivity contribution in [2.45, 2.75) is 40.0 Å². The van der Waals surface area contributed by atoms with Crippen LogP contribution in [0.1, 0.15) is 42.9 Å². The van der Waals surface area contributed by atoms with Gasteiger partial charge in [0, 0.05) is 16.5 Å². The second-order valence-corrected chi connectivity index (χ2v) is 7.98. The Balaban J connectivity index is 1.88. The van der Waals surface area contributed by atoms with E-state index in [9.17, 15) is 4.79 Å². The molecular weight excluding hydrogens is 328 g/mol. The fourth-order valence-electron chi connectivity index (χ4n) is 4.54. The Morgan fingerprint density at radius 2 is 1.72 bits per heavy atom. The number of carbonyl (C=O) groups excluding carboxylic acids is 1. The molecular formula is C23H23ClO. The number of hydrogen-bond acceptors (Lipinski definition) is 1. The minimum absolute atomic E-state index is 0.236. The minimum Gasteiger partial charge on any atom is -0.294 e. The number of allylic oxidation sites excluding steroid dienone is 2. The Hall–Kier alpha value is -1.86. The fraction of sp³-hybridized carbons (Fsp3) is 0.348.